The normalized spacial score (nSPS) is 17.3. The van der Waals surface area contributed by atoms with Crippen LogP contribution < -0.4 is 0 Å². The van der Waals surface area contributed by atoms with Gasteiger partial charge in [0.05, 0.1) is 0 Å². The van der Waals surface area contributed by atoms with Gasteiger partial charge in [-0.1, -0.05) is 58.0 Å². The van der Waals surface area contributed by atoms with Gasteiger partial charge < -0.3 is 5.11 Å². The molecule has 80 valence electrons. The molecule has 0 aliphatic carbocycles. The van der Waals surface area contributed by atoms with Crippen molar-refractivity contribution >= 4 is 58.0 Å². The van der Waals surface area contributed by atoms with Crippen LogP contribution in [0.15, 0.2) is 0 Å². The molecular formula is C4H2Cl5F3O. The first-order valence-corrected chi connectivity index (χ1v) is 4.49. The summed E-state index contributed by atoms with van der Waals surface area (Å²) in [6.45, 7) is 0. The van der Waals surface area contributed by atoms with E-state index in [4.69, 9.17) is 63.1 Å². The fourth-order valence-corrected chi connectivity index (χ4v) is 1.51. The third-order valence-electron chi connectivity index (χ3n) is 1.03. The average Bonchev–Trinajstić information content (AvgIpc) is 1.81. The van der Waals surface area contributed by atoms with Gasteiger partial charge in [0, 0.05) is 0 Å². The molecule has 0 aliphatic heterocycles. The quantitative estimate of drug-likeness (QED) is 0.735. The Bertz CT molecular complexity index is 185. The molecule has 1 nitrogen and oxygen atoms in total. The Kier molecular flexibility index (Phi) is 4.35. The molecule has 1 N–H and O–H groups in total. The van der Waals surface area contributed by atoms with Crippen LogP contribution in [0.2, 0.25) is 0 Å². The van der Waals surface area contributed by atoms with Crippen molar-refractivity contribution in [3.63, 3.8) is 0 Å². The first-order chi connectivity index (χ1) is 5.40. The smallest absolute Gasteiger partial charge is 0.385 e. The summed E-state index contributed by atoms with van der Waals surface area (Å²) < 4.78 is 29.9. The molecular weight excluding hydrogens is 298 g/mol. The van der Waals surface area contributed by atoms with E-state index in [9.17, 15) is 13.2 Å². The molecule has 0 spiro atoms. The van der Waals surface area contributed by atoms with Gasteiger partial charge in [0.2, 0.25) is 8.13 Å². The number of aliphatic hydroxyl groups is 1. The maximum absolute atomic E-state index is 12.0. The molecule has 0 radical (unpaired) electrons. The van der Waals surface area contributed by atoms with Crippen LogP contribution in [-0.2, 0) is 0 Å². The minimum atomic E-state index is -5.10. The van der Waals surface area contributed by atoms with E-state index in [-0.39, 0.29) is 0 Å². The van der Waals surface area contributed by atoms with Crippen LogP contribution in [0.1, 0.15) is 0 Å². The highest BCUT2D eigenvalue weighted by molar-refractivity contribution is 6.69. The molecule has 13 heavy (non-hydrogen) atoms. The second-order valence-electron chi connectivity index (χ2n) is 2.06. The Morgan fingerprint density at radius 1 is 0.923 bits per heavy atom. The van der Waals surface area contributed by atoms with Gasteiger partial charge >= 0.3 is 6.18 Å². The first-order valence-electron chi connectivity index (χ1n) is 2.60. The van der Waals surface area contributed by atoms with E-state index in [0.29, 0.717) is 0 Å². The highest BCUT2D eigenvalue weighted by Crippen LogP contribution is 2.49. The Hall–Kier alpha value is 1.20. The van der Waals surface area contributed by atoms with E-state index in [0.717, 1.165) is 0 Å². The standard InChI is InChI=1S/C4H2Cl5F3O/c5-2(6,4(10,11)12)1(13)3(7,8)9/h1,13H. The van der Waals surface area contributed by atoms with Gasteiger partial charge in [0.15, 0.2) is 0 Å². The van der Waals surface area contributed by atoms with Gasteiger partial charge in [-0.05, 0) is 0 Å². The van der Waals surface area contributed by atoms with Crippen LogP contribution in [0.5, 0.6) is 0 Å². The first kappa shape index (κ1) is 14.2. The minimum Gasteiger partial charge on any atom is -0.385 e. The van der Waals surface area contributed by atoms with E-state index >= 15 is 0 Å². The van der Waals surface area contributed by atoms with Crippen molar-refractivity contribution in [1.82, 2.24) is 0 Å². The van der Waals surface area contributed by atoms with E-state index in [1.165, 1.54) is 0 Å². The molecule has 1 atom stereocenters. The summed E-state index contributed by atoms with van der Waals surface area (Å²) in [6, 6.07) is 0. The number of rotatable bonds is 1. The maximum atomic E-state index is 12.0. The molecule has 9 heteroatoms. The lowest BCUT2D eigenvalue weighted by molar-refractivity contribution is -0.161. The van der Waals surface area contributed by atoms with Gasteiger partial charge in [0.1, 0.15) is 6.10 Å². The second-order valence-corrected chi connectivity index (χ2v) is 5.82. The zero-order valence-electron chi connectivity index (χ0n) is 5.55. The van der Waals surface area contributed by atoms with Crippen LogP contribution in [0.4, 0.5) is 13.2 Å². The van der Waals surface area contributed by atoms with Crippen LogP contribution in [0.3, 0.4) is 0 Å². The average molecular weight is 300 g/mol. The highest BCUT2D eigenvalue weighted by atomic mass is 35.6. The van der Waals surface area contributed by atoms with E-state index in [2.05, 4.69) is 0 Å². The van der Waals surface area contributed by atoms with Crippen LogP contribution in [-0.4, -0.2) is 25.5 Å². The lowest BCUT2D eigenvalue weighted by Crippen LogP contribution is -2.51. The number of aliphatic hydroxyl groups excluding tert-OH is 1. The SMILES string of the molecule is OC(C(Cl)(Cl)Cl)C(Cl)(Cl)C(F)(F)F. The molecule has 0 bridgehead atoms. The number of hydrogen-bond acceptors (Lipinski definition) is 1. The largest absolute Gasteiger partial charge is 0.424 e. The molecule has 0 amide bonds. The second kappa shape index (κ2) is 3.99. The number of hydrogen-bond donors (Lipinski definition) is 1. The molecule has 0 saturated heterocycles. The molecule has 0 aromatic rings. The predicted octanol–water partition coefficient (Wildman–Crippen LogP) is 3.45. The van der Waals surface area contributed by atoms with Crippen molar-refractivity contribution in [2.45, 2.75) is 20.4 Å². The summed E-state index contributed by atoms with van der Waals surface area (Å²) in [7, 11) is 0. The summed E-state index contributed by atoms with van der Waals surface area (Å²) in [5.41, 5.74) is 0. The number of halogens is 8. The van der Waals surface area contributed by atoms with Crippen molar-refractivity contribution in [2.24, 2.45) is 0 Å². The zero-order valence-corrected chi connectivity index (χ0v) is 9.33. The van der Waals surface area contributed by atoms with E-state index in [1.807, 2.05) is 0 Å². The van der Waals surface area contributed by atoms with Crippen molar-refractivity contribution in [1.29, 1.82) is 0 Å². The topological polar surface area (TPSA) is 20.2 Å². The van der Waals surface area contributed by atoms with Crippen molar-refractivity contribution < 1.29 is 18.3 Å². The van der Waals surface area contributed by atoms with Crippen LogP contribution in [0, 0.1) is 0 Å². The van der Waals surface area contributed by atoms with Gasteiger partial charge in [-0.2, -0.15) is 13.2 Å². The summed E-state index contributed by atoms with van der Waals surface area (Å²) in [4.78, 5) is 0. The summed E-state index contributed by atoms with van der Waals surface area (Å²) in [6.07, 6.45) is -7.67. The maximum Gasteiger partial charge on any atom is 0.424 e. The lowest BCUT2D eigenvalue weighted by Gasteiger charge is -2.31. The molecule has 0 aliphatic rings. The fourth-order valence-electron chi connectivity index (χ4n) is 0.361. The van der Waals surface area contributed by atoms with Crippen LogP contribution in [0.25, 0.3) is 0 Å². The molecule has 0 rings (SSSR count). The number of alkyl halides is 8. The van der Waals surface area contributed by atoms with Gasteiger partial charge in [-0.15, -0.1) is 0 Å². The lowest BCUT2D eigenvalue weighted by atomic mass is 10.2. The molecule has 1 unspecified atom stereocenters. The van der Waals surface area contributed by atoms with E-state index in [1.54, 1.807) is 0 Å². The van der Waals surface area contributed by atoms with E-state index < -0.39 is 20.4 Å². The van der Waals surface area contributed by atoms with Crippen molar-refractivity contribution in [2.75, 3.05) is 0 Å². The fraction of sp³-hybridized carbons (Fsp3) is 1.00. The summed E-state index contributed by atoms with van der Waals surface area (Å²) >= 11 is 24.5. The summed E-state index contributed by atoms with van der Waals surface area (Å²) in [5.74, 6) is 0. The third kappa shape index (κ3) is 3.36. The molecule has 0 fully saturated rings. The Balaban J connectivity index is 4.86. The Morgan fingerprint density at radius 3 is 1.31 bits per heavy atom. The molecule has 0 heterocycles. The Labute approximate surface area is 96.6 Å². The highest BCUT2D eigenvalue weighted by Gasteiger charge is 2.62. The monoisotopic (exact) mass is 298 g/mol. The minimum absolute atomic E-state index is 2.58. The van der Waals surface area contributed by atoms with Crippen molar-refractivity contribution in [3.05, 3.63) is 0 Å². The zero-order chi connectivity index (χ0) is 11.1. The van der Waals surface area contributed by atoms with Crippen molar-refractivity contribution in [3.8, 4) is 0 Å². The molecule has 0 saturated carbocycles. The molecule has 0 aromatic carbocycles. The molecule has 0 aromatic heterocycles. The van der Waals surface area contributed by atoms with Gasteiger partial charge in [-0.25, -0.2) is 0 Å². The van der Waals surface area contributed by atoms with Crippen LogP contribution >= 0.6 is 58.0 Å². The third-order valence-corrected chi connectivity index (χ3v) is 2.49. The Morgan fingerprint density at radius 2 is 1.23 bits per heavy atom. The van der Waals surface area contributed by atoms with Gasteiger partial charge in [0.25, 0.3) is 0 Å². The summed E-state index contributed by atoms with van der Waals surface area (Å²) in [5, 5.41) is 8.87. The van der Waals surface area contributed by atoms with Gasteiger partial charge in [-0.3, -0.25) is 0 Å². The predicted molar refractivity (Wildman–Crippen MR) is 46.8 cm³/mol.